The number of hydrogen-bond donors (Lipinski definition) is 1. The first-order valence-electron chi connectivity index (χ1n) is 7.60. The minimum Gasteiger partial charge on any atom is -0.497 e. The SMILES string of the molecule is COc1ccc(-c2noc(CNS(=O)(=O)c3ccc([N+](=O)[O-])cc3)n2)cc1. The molecule has 0 atom stereocenters. The van der Waals surface area contributed by atoms with Crippen molar-refractivity contribution in [1.82, 2.24) is 14.9 Å². The molecule has 0 amide bonds. The number of benzene rings is 2. The second-order valence-corrected chi connectivity index (χ2v) is 7.08. The average molecular weight is 390 g/mol. The van der Waals surface area contributed by atoms with Gasteiger partial charge in [-0.2, -0.15) is 4.98 Å². The van der Waals surface area contributed by atoms with Gasteiger partial charge in [-0.25, -0.2) is 13.1 Å². The van der Waals surface area contributed by atoms with E-state index in [4.69, 9.17) is 9.26 Å². The van der Waals surface area contributed by atoms with Gasteiger partial charge in [0.15, 0.2) is 0 Å². The smallest absolute Gasteiger partial charge is 0.269 e. The van der Waals surface area contributed by atoms with Crippen LogP contribution < -0.4 is 9.46 Å². The zero-order chi connectivity index (χ0) is 19.4. The molecule has 1 aromatic heterocycles. The Bertz CT molecular complexity index is 1050. The van der Waals surface area contributed by atoms with Crippen LogP contribution in [0.5, 0.6) is 5.75 Å². The lowest BCUT2D eigenvalue weighted by Gasteiger charge is -2.04. The number of aromatic nitrogens is 2. The summed E-state index contributed by atoms with van der Waals surface area (Å²) < 4.78 is 36.9. The molecular weight excluding hydrogens is 376 g/mol. The second-order valence-electron chi connectivity index (χ2n) is 5.32. The minimum absolute atomic E-state index is 0.0753. The predicted molar refractivity (Wildman–Crippen MR) is 93.4 cm³/mol. The number of rotatable bonds is 7. The maximum absolute atomic E-state index is 12.2. The zero-order valence-corrected chi connectivity index (χ0v) is 14.8. The van der Waals surface area contributed by atoms with Gasteiger partial charge in [-0.15, -0.1) is 0 Å². The minimum atomic E-state index is -3.88. The standard InChI is InChI=1S/C16H14N4O6S/c1-25-13-6-2-11(3-7-13)16-18-15(26-19-16)10-17-27(23,24)14-8-4-12(5-9-14)20(21)22/h2-9,17H,10H2,1H3. The van der Waals surface area contributed by atoms with Crippen molar-refractivity contribution in [3.63, 3.8) is 0 Å². The van der Waals surface area contributed by atoms with Crippen LogP contribution in [0.15, 0.2) is 57.9 Å². The summed E-state index contributed by atoms with van der Waals surface area (Å²) in [5.41, 5.74) is 0.485. The highest BCUT2D eigenvalue weighted by Crippen LogP contribution is 2.20. The average Bonchev–Trinajstić information content (AvgIpc) is 3.16. The molecule has 10 nitrogen and oxygen atoms in total. The van der Waals surface area contributed by atoms with Gasteiger partial charge in [-0.1, -0.05) is 5.16 Å². The lowest BCUT2D eigenvalue weighted by atomic mass is 10.2. The molecule has 0 spiro atoms. The topological polar surface area (TPSA) is 137 Å². The van der Waals surface area contributed by atoms with E-state index in [-0.39, 0.29) is 23.0 Å². The number of nitro groups is 1. The van der Waals surface area contributed by atoms with Crippen LogP contribution in [0.3, 0.4) is 0 Å². The Morgan fingerprint density at radius 2 is 1.81 bits per heavy atom. The lowest BCUT2D eigenvalue weighted by Crippen LogP contribution is -2.23. The molecule has 0 saturated heterocycles. The second kappa shape index (κ2) is 7.51. The van der Waals surface area contributed by atoms with Gasteiger partial charge in [0.25, 0.3) is 5.69 Å². The van der Waals surface area contributed by atoms with E-state index in [0.29, 0.717) is 17.1 Å². The summed E-state index contributed by atoms with van der Waals surface area (Å²) in [6, 6.07) is 11.5. The van der Waals surface area contributed by atoms with Gasteiger partial charge >= 0.3 is 0 Å². The number of hydrogen-bond acceptors (Lipinski definition) is 8. The van der Waals surface area contributed by atoms with Crippen molar-refractivity contribution in [1.29, 1.82) is 0 Å². The van der Waals surface area contributed by atoms with E-state index in [1.54, 1.807) is 31.4 Å². The van der Waals surface area contributed by atoms with Crippen molar-refractivity contribution in [2.75, 3.05) is 7.11 Å². The van der Waals surface area contributed by atoms with Gasteiger partial charge in [0.05, 0.1) is 23.5 Å². The van der Waals surface area contributed by atoms with Gasteiger partial charge in [-0.3, -0.25) is 10.1 Å². The molecule has 3 aromatic rings. The van der Waals surface area contributed by atoms with Crippen molar-refractivity contribution in [2.24, 2.45) is 0 Å². The third kappa shape index (κ3) is 4.27. The molecule has 0 aliphatic carbocycles. The van der Waals surface area contributed by atoms with E-state index < -0.39 is 14.9 Å². The molecule has 0 saturated carbocycles. The highest BCUT2D eigenvalue weighted by Gasteiger charge is 2.17. The van der Waals surface area contributed by atoms with E-state index >= 15 is 0 Å². The maximum atomic E-state index is 12.2. The number of non-ortho nitro benzene ring substituents is 1. The Labute approximate surface area is 154 Å². The van der Waals surface area contributed by atoms with Crippen LogP contribution in [0.1, 0.15) is 5.89 Å². The molecule has 3 rings (SSSR count). The number of nitro benzene ring substituents is 1. The highest BCUT2D eigenvalue weighted by molar-refractivity contribution is 7.89. The summed E-state index contributed by atoms with van der Waals surface area (Å²) in [7, 11) is -2.33. The maximum Gasteiger partial charge on any atom is 0.269 e. The molecule has 0 unspecified atom stereocenters. The van der Waals surface area contributed by atoms with Crippen molar-refractivity contribution in [3.05, 3.63) is 64.5 Å². The quantitative estimate of drug-likeness (QED) is 0.478. The summed E-state index contributed by atoms with van der Waals surface area (Å²) in [5, 5.41) is 14.4. The summed E-state index contributed by atoms with van der Waals surface area (Å²) >= 11 is 0. The Kier molecular flexibility index (Phi) is 5.14. The van der Waals surface area contributed by atoms with Crippen LogP contribution in [0.2, 0.25) is 0 Å². The highest BCUT2D eigenvalue weighted by atomic mass is 32.2. The molecule has 2 aromatic carbocycles. The molecule has 1 N–H and O–H groups in total. The van der Waals surface area contributed by atoms with Crippen molar-refractivity contribution >= 4 is 15.7 Å². The van der Waals surface area contributed by atoms with Crippen molar-refractivity contribution in [2.45, 2.75) is 11.4 Å². The molecule has 0 radical (unpaired) electrons. The van der Waals surface area contributed by atoms with Crippen LogP contribution >= 0.6 is 0 Å². The fraction of sp³-hybridized carbons (Fsp3) is 0.125. The van der Waals surface area contributed by atoms with E-state index in [1.807, 2.05) is 0 Å². The van der Waals surface area contributed by atoms with Crippen LogP contribution in [-0.4, -0.2) is 30.6 Å². The number of nitrogens with zero attached hydrogens (tertiary/aromatic N) is 3. The van der Waals surface area contributed by atoms with Gasteiger partial charge in [0.1, 0.15) is 5.75 Å². The van der Waals surface area contributed by atoms with Crippen LogP contribution in [0.4, 0.5) is 5.69 Å². The van der Waals surface area contributed by atoms with Crippen LogP contribution in [0.25, 0.3) is 11.4 Å². The first kappa shape index (κ1) is 18.5. The van der Waals surface area contributed by atoms with Crippen LogP contribution in [0, 0.1) is 10.1 Å². The van der Waals surface area contributed by atoms with Crippen molar-refractivity contribution < 1.29 is 22.6 Å². The molecule has 27 heavy (non-hydrogen) atoms. The normalized spacial score (nSPS) is 11.3. The molecule has 0 aliphatic heterocycles. The molecule has 0 fully saturated rings. The predicted octanol–water partition coefficient (Wildman–Crippen LogP) is 2.13. The van der Waals surface area contributed by atoms with Crippen molar-refractivity contribution in [3.8, 4) is 17.1 Å². The van der Waals surface area contributed by atoms with Gasteiger partial charge < -0.3 is 9.26 Å². The zero-order valence-electron chi connectivity index (χ0n) is 14.0. The third-order valence-corrected chi connectivity index (χ3v) is 5.00. The van der Waals surface area contributed by atoms with Gasteiger partial charge in [0.2, 0.25) is 21.7 Å². The Balaban J connectivity index is 1.69. The summed E-state index contributed by atoms with van der Waals surface area (Å²) in [4.78, 5) is 14.1. The number of sulfonamides is 1. The van der Waals surface area contributed by atoms with E-state index in [9.17, 15) is 18.5 Å². The molecule has 1 heterocycles. The summed E-state index contributed by atoms with van der Waals surface area (Å²) in [5.74, 6) is 1.06. The monoisotopic (exact) mass is 390 g/mol. The Hall–Kier alpha value is -3.31. The Morgan fingerprint density at radius 1 is 1.15 bits per heavy atom. The largest absolute Gasteiger partial charge is 0.497 e. The fourth-order valence-corrected chi connectivity index (χ4v) is 3.15. The Morgan fingerprint density at radius 3 is 2.41 bits per heavy atom. The molecule has 140 valence electrons. The summed E-state index contributed by atoms with van der Waals surface area (Å²) in [6.07, 6.45) is 0. The van der Waals surface area contributed by atoms with Crippen LogP contribution in [-0.2, 0) is 16.6 Å². The third-order valence-electron chi connectivity index (χ3n) is 3.59. The van der Waals surface area contributed by atoms with E-state index in [1.165, 1.54) is 0 Å². The van der Waals surface area contributed by atoms with E-state index in [2.05, 4.69) is 14.9 Å². The fourth-order valence-electron chi connectivity index (χ4n) is 2.17. The van der Waals surface area contributed by atoms with E-state index in [0.717, 1.165) is 24.3 Å². The molecule has 0 aliphatic rings. The number of methoxy groups -OCH3 is 1. The van der Waals surface area contributed by atoms with Gasteiger partial charge in [0, 0.05) is 17.7 Å². The first-order valence-corrected chi connectivity index (χ1v) is 9.08. The molecule has 0 bridgehead atoms. The summed E-state index contributed by atoms with van der Waals surface area (Å²) in [6.45, 7) is -0.220. The lowest BCUT2D eigenvalue weighted by molar-refractivity contribution is -0.384. The molecular formula is C16H14N4O6S. The first-order chi connectivity index (χ1) is 12.9. The number of nitrogens with one attached hydrogen (secondary N) is 1. The number of ether oxygens (including phenoxy) is 1. The van der Waals surface area contributed by atoms with Gasteiger partial charge in [-0.05, 0) is 36.4 Å². The molecule has 11 heteroatoms.